The summed E-state index contributed by atoms with van der Waals surface area (Å²) in [5.74, 6) is -0.0728. The molecule has 1 aliphatic heterocycles. The number of benzene rings is 3. The van der Waals surface area contributed by atoms with Gasteiger partial charge in [0.15, 0.2) is 0 Å². The molecule has 0 saturated carbocycles. The van der Waals surface area contributed by atoms with E-state index in [9.17, 15) is 13.2 Å². The molecule has 6 heteroatoms. The second kappa shape index (κ2) is 9.29. The van der Waals surface area contributed by atoms with E-state index in [1.807, 2.05) is 84.9 Å². The zero-order chi connectivity index (χ0) is 21.7. The van der Waals surface area contributed by atoms with Crippen molar-refractivity contribution in [2.24, 2.45) is 0 Å². The molecule has 1 saturated heterocycles. The van der Waals surface area contributed by atoms with E-state index >= 15 is 0 Å². The van der Waals surface area contributed by atoms with Crippen molar-refractivity contribution in [2.45, 2.75) is 0 Å². The van der Waals surface area contributed by atoms with Gasteiger partial charge in [-0.2, -0.15) is 4.31 Å². The monoisotopic (exact) mass is 432 g/mol. The topological polar surface area (TPSA) is 57.7 Å². The van der Waals surface area contributed by atoms with Crippen molar-refractivity contribution in [3.63, 3.8) is 0 Å². The first kappa shape index (κ1) is 21.0. The van der Waals surface area contributed by atoms with Crippen LogP contribution in [0.25, 0.3) is 17.2 Å². The minimum absolute atomic E-state index is 0.0728. The summed E-state index contributed by atoms with van der Waals surface area (Å²) in [6, 6.07) is 26.7. The Balaban J connectivity index is 1.45. The van der Waals surface area contributed by atoms with E-state index in [1.165, 1.54) is 9.71 Å². The summed E-state index contributed by atoms with van der Waals surface area (Å²) >= 11 is 0. The molecule has 0 atom stereocenters. The fourth-order valence-electron chi connectivity index (χ4n) is 3.67. The average molecular weight is 433 g/mol. The van der Waals surface area contributed by atoms with E-state index in [1.54, 1.807) is 11.0 Å². The van der Waals surface area contributed by atoms with Gasteiger partial charge in [-0.05, 0) is 28.8 Å². The number of nitrogens with zero attached hydrogens (tertiary/aromatic N) is 2. The Morgan fingerprint density at radius 2 is 1.32 bits per heavy atom. The van der Waals surface area contributed by atoms with Crippen molar-refractivity contribution in [1.29, 1.82) is 0 Å². The molecule has 1 aliphatic rings. The first-order chi connectivity index (χ1) is 15.0. The predicted octanol–water partition coefficient (Wildman–Crippen LogP) is 4.11. The number of carbonyl (C=O) groups excluding carboxylic acids is 1. The summed E-state index contributed by atoms with van der Waals surface area (Å²) in [5, 5.41) is 1.24. The van der Waals surface area contributed by atoms with E-state index in [4.69, 9.17) is 0 Å². The normalized spacial score (nSPS) is 15.3. The van der Waals surface area contributed by atoms with Crippen LogP contribution in [-0.2, 0) is 10.0 Å². The molecule has 1 fully saturated rings. The zero-order valence-electron chi connectivity index (χ0n) is 17.1. The van der Waals surface area contributed by atoms with Crippen molar-refractivity contribution in [1.82, 2.24) is 9.21 Å². The molecule has 0 aromatic heterocycles. The molecule has 5 nitrogen and oxygen atoms in total. The number of rotatable bonds is 5. The van der Waals surface area contributed by atoms with Gasteiger partial charge in [-0.25, -0.2) is 8.42 Å². The lowest BCUT2D eigenvalue weighted by Gasteiger charge is -2.33. The van der Waals surface area contributed by atoms with Crippen molar-refractivity contribution in [3.8, 4) is 11.1 Å². The lowest BCUT2D eigenvalue weighted by atomic mass is 9.99. The number of carbonyl (C=O) groups is 1. The van der Waals surface area contributed by atoms with Crippen LogP contribution in [0.4, 0.5) is 0 Å². The Labute approximate surface area is 183 Å². The van der Waals surface area contributed by atoms with E-state index in [0.29, 0.717) is 18.7 Å². The van der Waals surface area contributed by atoms with Crippen molar-refractivity contribution in [3.05, 3.63) is 101 Å². The molecule has 0 aliphatic carbocycles. The van der Waals surface area contributed by atoms with E-state index in [0.717, 1.165) is 16.7 Å². The van der Waals surface area contributed by atoms with Crippen LogP contribution in [0, 0.1) is 0 Å². The number of sulfonamides is 1. The smallest absolute Gasteiger partial charge is 0.254 e. The van der Waals surface area contributed by atoms with Gasteiger partial charge in [-0.1, -0.05) is 78.9 Å². The highest BCUT2D eigenvalue weighted by molar-refractivity contribution is 7.92. The fourth-order valence-corrected chi connectivity index (χ4v) is 4.84. The van der Waals surface area contributed by atoms with Crippen LogP contribution in [0.15, 0.2) is 90.3 Å². The highest BCUT2D eigenvalue weighted by Crippen LogP contribution is 2.25. The first-order valence-corrected chi connectivity index (χ1v) is 11.7. The molecule has 0 unspecified atom stereocenters. The molecular formula is C25H24N2O3S. The lowest BCUT2D eigenvalue weighted by molar-refractivity contribution is 0.0699. The summed E-state index contributed by atoms with van der Waals surface area (Å²) < 4.78 is 26.8. The molecule has 1 amide bonds. The Hall–Kier alpha value is -3.22. The zero-order valence-corrected chi connectivity index (χ0v) is 17.9. The van der Waals surface area contributed by atoms with Gasteiger partial charge < -0.3 is 4.90 Å². The number of amides is 1. The lowest BCUT2D eigenvalue weighted by Crippen LogP contribution is -2.50. The van der Waals surface area contributed by atoms with Crippen molar-refractivity contribution < 1.29 is 13.2 Å². The van der Waals surface area contributed by atoms with Crippen LogP contribution in [0.3, 0.4) is 0 Å². The molecule has 0 N–H and O–H groups in total. The quantitative estimate of drug-likeness (QED) is 0.610. The number of piperazine rings is 1. The van der Waals surface area contributed by atoms with Gasteiger partial charge in [0.2, 0.25) is 10.0 Å². The summed E-state index contributed by atoms with van der Waals surface area (Å²) in [7, 11) is -3.53. The van der Waals surface area contributed by atoms with Gasteiger partial charge in [0.25, 0.3) is 5.91 Å². The van der Waals surface area contributed by atoms with E-state index < -0.39 is 10.0 Å². The van der Waals surface area contributed by atoms with Crippen molar-refractivity contribution in [2.75, 3.05) is 26.2 Å². The molecule has 31 heavy (non-hydrogen) atoms. The third kappa shape index (κ3) is 4.93. The highest BCUT2D eigenvalue weighted by Gasteiger charge is 2.28. The maximum absolute atomic E-state index is 13.2. The second-order valence-corrected chi connectivity index (χ2v) is 9.18. The molecular weight excluding hydrogens is 408 g/mol. The minimum Gasteiger partial charge on any atom is -0.336 e. The van der Waals surface area contributed by atoms with Crippen LogP contribution in [0.2, 0.25) is 0 Å². The van der Waals surface area contributed by atoms with Crippen LogP contribution in [0.1, 0.15) is 15.9 Å². The number of hydrogen-bond acceptors (Lipinski definition) is 3. The van der Waals surface area contributed by atoms with Crippen LogP contribution < -0.4 is 0 Å². The second-order valence-electron chi connectivity index (χ2n) is 7.36. The molecule has 158 valence electrons. The Morgan fingerprint density at radius 3 is 2.00 bits per heavy atom. The first-order valence-electron chi connectivity index (χ1n) is 10.2. The predicted molar refractivity (Wildman–Crippen MR) is 124 cm³/mol. The Kier molecular flexibility index (Phi) is 6.30. The van der Waals surface area contributed by atoms with E-state index in [2.05, 4.69) is 0 Å². The van der Waals surface area contributed by atoms with E-state index in [-0.39, 0.29) is 19.0 Å². The minimum atomic E-state index is -3.53. The van der Waals surface area contributed by atoms with Crippen LogP contribution in [0.5, 0.6) is 0 Å². The molecule has 0 bridgehead atoms. The standard InChI is InChI=1S/C25H24N2O3S/c28-25(24-14-8-7-13-23(24)22-11-5-2-6-12-22)26-16-18-27(19-17-26)31(29,30)20-15-21-9-3-1-4-10-21/h1-15,20H,16-19H2/b20-15+. The fraction of sp³-hybridized carbons (Fsp3) is 0.160. The summed E-state index contributed by atoms with van der Waals surface area (Å²) in [6.45, 7) is 1.28. The Morgan fingerprint density at radius 1 is 0.742 bits per heavy atom. The van der Waals surface area contributed by atoms with Gasteiger partial charge >= 0.3 is 0 Å². The molecule has 4 rings (SSSR count). The van der Waals surface area contributed by atoms with Gasteiger partial charge in [0.05, 0.1) is 0 Å². The third-order valence-electron chi connectivity index (χ3n) is 5.36. The Bertz CT molecular complexity index is 1170. The molecule has 3 aromatic rings. The molecule has 0 radical (unpaired) electrons. The third-order valence-corrected chi connectivity index (χ3v) is 6.92. The molecule has 3 aromatic carbocycles. The van der Waals surface area contributed by atoms with Gasteiger partial charge in [-0.15, -0.1) is 0 Å². The highest BCUT2D eigenvalue weighted by atomic mass is 32.2. The maximum Gasteiger partial charge on any atom is 0.254 e. The molecule has 1 heterocycles. The SMILES string of the molecule is O=C(c1ccccc1-c1ccccc1)N1CCN(S(=O)(=O)/C=C/c2ccccc2)CC1. The summed E-state index contributed by atoms with van der Waals surface area (Å²) in [4.78, 5) is 14.9. The summed E-state index contributed by atoms with van der Waals surface area (Å²) in [5.41, 5.74) is 3.33. The largest absolute Gasteiger partial charge is 0.336 e. The summed E-state index contributed by atoms with van der Waals surface area (Å²) in [6.07, 6.45) is 1.60. The van der Waals surface area contributed by atoms with Gasteiger partial charge in [0.1, 0.15) is 0 Å². The van der Waals surface area contributed by atoms with Gasteiger partial charge in [0, 0.05) is 37.2 Å². The van der Waals surface area contributed by atoms with Crippen molar-refractivity contribution >= 4 is 22.0 Å². The van der Waals surface area contributed by atoms with Crippen LogP contribution in [-0.4, -0.2) is 49.7 Å². The number of hydrogen-bond donors (Lipinski definition) is 0. The van der Waals surface area contributed by atoms with Crippen LogP contribution >= 0.6 is 0 Å². The average Bonchev–Trinajstić information content (AvgIpc) is 2.84. The molecule has 0 spiro atoms. The van der Waals surface area contributed by atoms with Gasteiger partial charge in [-0.3, -0.25) is 4.79 Å². The maximum atomic E-state index is 13.2.